The maximum Gasteiger partial charge on any atom is 0.274 e. The van der Waals surface area contributed by atoms with Crippen LogP contribution in [0, 0.1) is 12.8 Å². The Labute approximate surface area is 136 Å². The second-order valence-electron chi connectivity index (χ2n) is 5.65. The van der Waals surface area contributed by atoms with Crippen LogP contribution in [0.3, 0.4) is 0 Å². The standard InChI is InChI=1S/C17H22N4O2/c1-11(2)10-18-17-19-12(3)9-14(21-17)16(22)20-13-7-5-6-8-15(13)23-4/h5-9,11H,10H2,1-4H3,(H,20,22)(H,18,19,21). The Morgan fingerprint density at radius 1 is 1.26 bits per heavy atom. The number of carbonyl (C=O) groups excluding carboxylic acids is 1. The summed E-state index contributed by atoms with van der Waals surface area (Å²) in [5.74, 6) is 1.23. The van der Waals surface area contributed by atoms with Gasteiger partial charge in [-0.15, -0.1) is 0 Å². The molecule has 0 aliphatic carbocycles. The topological polar surface area (TPSA) is 76.1 Å². The van der Waals surface area contributed by atoms with Gasteiger partial charge in [-0.3, -0.25) is 4.79 Å². The van der Waals surface area contributed by atoms with Gasteiger partial charge in [0.1, 0.15) is 11.4 Å². The summed E-state index contributed by atoms with van der Waals surface area (Å²) >= 11 is 0. The number of anilines is 2. The summed E-state index contributed by atoms with van der Waals surface area (Å²) in [6.07, 6.45) is 0. The van der Waals surface area contributed by atoms with E-state index in [4.69, 9.17) is 4.74 Å². The number of hydrogen-bond donors (Lipinski definition) is 2. The number of methoxy groups -OCH3 is 1. The van der Waals surface area contributed by atoms with Gasteiger partial charge >= 0.3 is 0 Å². The molecule has 2 aromatic rings. The maximum atomic E-state index is 12.4. The summed E-state index contributed by atoms with van der Waals surface area (Å²) in [7, 11) is 1.56. The van der Waals surface area contributed by atoms with Gasteiger partial charge < -0.3 is 15.4 Å². The molecule has 0 aliphatic rings. The molecule has 1 amide bonds. The molecule has 1 aromatic heterocycles. The van der Waals surface area contributed by atoms with Gasteiger partial charge in [0.25, 0.3) is 5.91 Å². The van der Waals surface area contributed by atoms with Crippen molar-refractivity contribution in [3.05, 3.63) is 41.7 Å². The van der Waals surface area contributed by atoms with Crippen LogP contribution in [0.4, 0.5) is 11.6 Å². The van der Waals surface area contributed by atoms with E-state index in [0.29, 0.717) is 29.0 Å². The van der Waals surface area contributed by atoms with Gasteiger partial charge in [0.15, 0.2) is 0 Å². The van der Waals surface area contributed by atoms with Crippen LogP contribution < -0.4 is 15.4 Å². The van der Waals surface area contributed by atoms with Crippen LogP contribution in [0.5, 0.6) is 5.75 Å². The molecule has 23 heavy (non-hydrogen) atoms. The van der Waals surface area contributed by atoms with Gasteiger partial charge in [-0.1, -0.05) is 26.0 Å². The third-order valence-corrected chi connectivity index (χ3v) is 3.11. The zero-order valence-electron chi connectivity index (χ0n) is 13.9. The molecule has 0 unspecified atom stereocenters. The number of rotatable bonds is 6. The first-order valence-electron chi connectivity index (χ1n) is 7.53. The largest absolute Gasteiger partial charge is 0.495 e. The number of carbonyl (C=O) groups is 1. The van der Waals surface area contributed by atoms with Crippen molar-refractivity contribution < 1.29 is 9.53 Å². The van der Waals surface area contributed by atoms with Crippen LogP contribution >= 0.6 is 0 Å². The molecular formula is C17H22N4O2. The number of para-hydroxylation sites is 2. The van der Waals surface area contributed by atoms with Crippen LogP contribution in [-0.2, 0) is 0 Å². The molecule has 0 spiro atoms. The molecule has 0 saturated heterocycles. The van der Waals surface area contributed by atoms with E-state index < -0.39 is 0 Å². The van der Waals surface area contributed by atoms with Crippen molar-refractivity contribution in [3.63, 3.8) is 0 Å². The fourth-order valence-corrected chi connectivity index (χ4v) is 1.99. The molecule has 0 bridgehead atoms. The summed E-state index contributed by atoms with van der Waals surface area (Å²) in [4.78, 5) is 21.0. The minimum absolute atomic E-state index is 0.299. The normalized spacial score (nSPS) is 10.5. The maximum absolute atomic E-state index is 12.4. The highest BCUT2D eigenvalue weighted by Gasteiger charge is 2.13. The lowest BCUT2D eigenvalue weighted by molar-refractivity contribution is 0.102. The summed E-state index contributed by atoms with van der Waals surface area (Å²) in [6, 6.07) is 8.90. The van der Waals surface area contributed by atoms with E-state index in [-0.39, 0.29) is 5.91 Å². The van der Waals surface area contributed by atoms with Crippen molar-refractivity contribution in [2.24, 2.45) is 5.92 Å². The van der Waals surface area contributed by atoms with E-state index in [1.807, 2.05) is 19.1 Å². The summed E-state index contributed by atoms with van der Waals surface area (Å²) < 4.78 is 5.23. The van der Waals surface area contributed by atoms with Crippen molar-refractivity contribution in [2.45, 2.75) is 20.8 Å². The first kappa shape index (κ1) is 16.7. The van der Waals surface area contributed by atoms with Crippen molar-refractivity contribution in [2.75, 3.05) is 24.3 Å². The Balaban J connectivity index is 2.18. The van der Waals surface area contributed by atoms with E-state index in [9.17, 15) is 4.79 Å². The Morgan fingerprint density at radius 2 is 2.00 bits per heavy atom. The highest BCUT2D eigenvalue weighted by molar-refractivity contribution is 6.03. The molecule has 0 atom stereocenters. The van der Waals surface area contributed by atoms with E-state index in [1.54, 1.807) is 25.3 Å². The lowest BCUT2D eigenvalue weighted by Crippen LogP contribution is -2.17. The average molecular weight is 314 g/mol. The van der Waals surface area contributed by atoms with E-state index >= 15 is 0 Å². The molecule has 2 rings (SSSR count). The highest BCUT2D eigenvalue weighted by Crippen LogP contribution is 2.23. The molecule has 122 valence electrons. The lowest BCUT2D eigenvalue weighted by atomic mass is 10.2. The van der Waals surface area contributed by atoms with Crippen LogP contribution in [0.2, 0.25) is 0 Å². The molecule has 1 heterocycles. The molecule has 2 N–H and O–H groups in total. The molecule has 0 aliphatic heterocycles. The number of aromatic nitrogens is 2. The smallest absolute Gasteiger partial charge is 0.274 e. The molecule has 0 saturated carbocycles. The van der Waals surface area contributed by atoms with Gasteiger partial charge in [-0.25, -0.2) is 9.97 Å². The number of ether oxygens (including phenoxy) is 1. The second-order valence-corrected chi connectivity index (χ2v) is 5.65. The molecule has 6 nitrogen and oxygen atoms in total. The summed E-state index contributed by atoms with van der Waals surface area (Å²) in [6.45, 7) is 6.77. The molecule has 6 heteroatoms. The van der Waals surface area contributed by atoms with Crippen molar-refractivity contribution in [1.29, 1.82) is 0 Å². The van der Waals surface area contributed by atoms with E-state index in [1.165, 1.54) is 0 Å². The number of nitrogens with zero attached hydrogens (tertiary/aromatic N) is 2. The Kier molecular flexibility index (Phi) is 5.51. The first-order valence-corrected chi connectivity index (χ1v) is 7.53. The number of aryl methyl sites for hydroxylation is 1. The van der Waals surface area contributed by atoms with Crippen molar-refractivity contribution in [1.82, 2.24) is 9.97 Å². The Morgan fingerprint density at radius 3 is 2.70 bits per heavy atom. The highest BCUT2D eigenvalue weighted by atomic mass is 16.5. The monoisotopic (exact) mass is 314 g/mol. The third kappa shape index (κ3) is 4.67. The van der Waals surface area contributed by atoms with Crippen LogP contribution in [0.1, 0.15) is 30.0 Å². The predicted molar refractivity (Wildman–Crippen MR) is 91.0 cm³/mol. The zero-order chi connectivity index (χ0) is 16.8. The fourth-order valence-electron chi connectivity index (χ4n) is 1.99. The average Bonchev–Trinajstić information content (AvgIpc) is 2.53. The Bertz CT molecular complexity index is 686. The van der Waals surface area contributed by atoms with Crippen molar-refractivity contribution >= 4 is 17.5 Å². The van der Waals surface area contributed by atoms with Crippen molar-refractivity contribution in [3.8, 4) is 5.75 Å². The fraction of sp³-hybridized carbons (Fsp3) is 0.353. The molecule has 1 aromatic carbocycles. The van der Waals surface area contributed by atoms with Crippen LogP contribution in [0.25, 0.3) is 0 Å². The van der Waals surface area contributed by atoms with Gasteiger partial charge in [-0.2, -0.15) is 0 Å². The summed E-state index contributed by atoms with van der Waals surface area (Å²) in [5, 5.41) is 5.95. The summed E-state index contributed by atoms with van der Waals surface area (Å²) in [5.41, 5.74) is 1.65. The van der Waals surface area contributed by atoms with Crippen LogP contribution in [0.15, 0.2) is 30.3 Å². The molecule has 0 radical (unpaired) electrons. The number of benzene rings is 1. The predicted octanol–water partition coefficient (Wildman–Crippen LogP) is 3.11. The lowest BCUT2D eigenvalue weighted by Gasteiger charge is -2.11. The van der Waals surface area contributed by atoms with E-state index in [0.717, 1.165) is 12.2 Å². The van der Waals surface area contributed by atoms with Crippen LogP contribution in [-0.4, -0.2) is 29.5 Å². The van der Waals surface area contributed by atoms with Gasteiger partial charge in [0, 0.05) is 12.2 Å². The number of hydrogen-bond acceptors (Lipinski definition) is 5. The zero-order valence-corrected chi connectivity index (χ0v) is 13.9. The molecular weight excluding hydrogens is 292 g/mol. The molecule has 0 fully saturated rings. The van der Waals surface area contributed by atoms with Gasteiger partial charge in [0.05, 0.1) is 12.8 Å². The SMILES string of the molecule is COc1ccccc1NC(=O)c1cc(C)nc(NCC(C)C)n1. The number of nitrogens with one attached hydrogen (secondary N) is 2. The quantitative estimate of drug-likeness (QED) is 0.857. The van der Waals surface area contributed by atoms with E-state index in [2.05, 4.69) is 34.4 Å². The van der Waals surface area contributed by atoms with Gasteiger partial charge in [0.2, 0.25) is 5.95 Å². The Hall–Kier alpha value is -2.63. The number of amides is 1. The third-order valence-electron chi connectivity index (χ3n) is 3.11. The minimum atomic E-state index is -0.299. The minimum Gasteiger partial charge on any atom is -0.495 e. The second kappa shape index (κ2) is 7.58. The van der Waals surface area contributed by atoms with Gasteiger partial charge in [-0.05, 0) is 31.0 Å². The first-order chi connectivity index (χ1) is 11.0.